The smallest absolute Gasteiger partial charge is 0.0771 e. The first-order chi connectivity index (χ1) is 6.04. The molecule has 0 saturated carbocycles. The highest BCUT2D eigenvalue weighted by Crippen LogP contribution is 2.16. The fourth-order valence-corrected chi connectivity index (χ4v) is 1.20. The lowest BCUT2D eigenvalue weighted by atomic mass is 9.89. The fraction of sp³-hybridized carbons (Fsp3) is 0.800. The Morgan fingerprint density at radius 1 is 1.23 bits per heavy atom. The lowest BCUT2D eigenvalue weighted by Crippen LogP contribution is -2.34. The first-order valence-electron chi connectivity index (χ1n) is 4.64. The van der Waals surface area contributed by atoms with E-state index in [4.69, 9.17) is 5.11 Å². The van der Waals surface area contributed by atoms with Crippen molar-refractivity contribution < 1.29 is 15.3 Å². The maximum absolute atomic E-state index is 9.63. The molecule has 3 N–H and O–H groups in total. The minimum atomic E-state index is -0.670. The third-order valence-corrected chi connectivity index (χ3v) is 2.34. The van der Waals surface area contributed by atoms with Crippen molar-refractivity contribution in [3.63, 3.8) is 0 Å². The van der Waals surface area contributed by atoms with Gasteiger partial charge in [0.1, 0.15) is 0 Å². The van der Waals surface area contributed by atoms with Gasteiger partial charge >= 0.3 is 0 Å². The molecular formula is C10H20O3. The SMILES string of the molecule is C/C=C/[C@@H](O)C(C)C(O)C(C)CO. The molecule has 0 aliphatic heterocycles. The van der Waals surface area contributed by atoms with Crippen LogP contribution in [-0.2, 0) is 0 Å². The molecule has 3 unspecified atom stereocenters. The van der Waals surface area contributed by atoms with Crippen molar-refractivity contribution in [2.75, 3.05) is 6.61 Å². The van der Waals surface area contributed by atoms with Gasteiger partial charge in [0.25, 0.3) is 0 Å². The van der Waals surface area contributed by atoms with E-state index in [1.165, 1.54) is 0 Å². The van der Waals surface area contributed by atoms with E-state index in [9.17, 15) is 10.2 Å². The Morgan fingerprint density at radius 3 is 2.15 bits per heavy atom. The second-order valence-electron chi connectivity index (χ2n) is 3.53. The monoisotopic (exact) mass is 188 g/mol. The van der Waals surface area contributed by atoms with Crippen molar-refractivity contribution in [2.24, 2.45) is 11.8 Å². The van der Waals surface area contributed by atoms with Crippen LogP contribution in [0.25, 0.3) is 0 Å². The first kappa shape index (κ1) is 12.6. The number of allylic oxidation sites excluding steroid dienone is 1. The molecule has 0 heterocycles. The molecule has 0 aromatic rings. The van der Waals surface area contributed by atoms with Crippen molar-refractivity contribution in [1.29, 1.82) is 0 Å². The van der Waals surface area contributed by atoms with Crippen molar-refractivity contribution >= 4 is 0 Å². The average molecular weight is 188 g/mol. The predicted molar refractivity (Wildman–Crippen MR) is 52.2 cm³/mol. The summed E-state index contributed by atoms with van der Waals surface area (Å²) in [5.41, 5.74) is 0. The Morgan fingerprint density at radius 2 is 1.77 bits per heavy atom. The van der Waals surface area contributed by atoms with Crippen LogP contribution in [0.15, 0.2) is 12.2 Å². The molecular weight excluding hydrogens is 168 g/mol. The van der Waals surface area contributed by atoms with E-state index in [0.29, 0.717) is 0 Å². The summed E-state index contributed by atoms with van der Waals surface area (Å²) in [6, 6.07) is 0. The minimum Gasteiger partial charge on any atom is -0.396 e. The van der Waals surface area contributed by atoms with Crippen LogP contribution in [0.3, 0.4) is 0 Å². The molecule has 0 aliphatic carbocycles. The van der Waals surface area contributed by atoms with Crippen molar-refractivity contribution in [2.45, 2.75) is 33.0 Å². The summed E-state index contributed by atoms with van der Waals surface area (Å²) in [7, 11) is 0. The van der Waals surface area contributed by atoms with E-state index in [-0.39, 0.29) is 18.4 Å². The summed E-state index contributed by atoms with van der Waals surface area (Å²) in [4.78, 5) is 0. The van der Waals surface area contributed by atoms with Crippen molar-refractivity contribution in [3.05, 3.63) is 12.2 Å². The topological polar surface area (TPSA) is 60.7 Å². The quantitative estimate of drug-likeness (QED) is 0.552. The van der Waals surface area contributed by atoms with E-state index in [1.807, 2.05) is 6.92 Å². The molecule has 4 atom stereocenters. The van der Waals surface area contributed by atoms with Gasteiger partial charge in [-0.2, -0.15) is 0 Å². The lowest BCUT2D eigenvalue weighted by Gasteiger charge is -2.25. The van der Waals surface area contributed by atoms with Gasteiger partial charge < -0.3 is 15.3 Å². The van der Waals surface area contributed by atoms with Crippen molar-refractivity contribution in [1.82, 2.24) is 0 Å². The summed E-state index contributed by atoms with van der Waals surface area (Å²) >= 11 is 0. The molecule has 0 bridgehead atoms. The van der Waals surface area contributed by atoms with Gasteiger partial charge in [0, 0.05) is 18.4 Å². The van der Waals surface area contributed by atoms with Gasteiger partial charge in [-0.15, -0.1) is 0 Å². The largest absolute Gasteiger partial charge is 0.396 e. The van der Waals surface area contributed by atoms with Gasteiger partial charge in [-0.25, -0.2) is 0 Å². The molecule has 0 aromatic carbocycles. The Hall–Kier alpha value is -0.380. The highest BCUT2D eigenvalue weighted by molar-refractivity contribution is 4.91. The normalized spacial score (nSPS) is 21.4. The number of hydrogen-bond acceptors (Lipinski definition) is 3. The maximum Gasteiger partial charge on any atom is 0.0771 e. The van der Waals surface area contributed by atoms with Gasteiger partial charge in [0.15, 0.2) is 0 Å². The summed E-state index contributed by atoms with van der Waals surface area (Å²) in [6.07, 6.45) is 2.07. The second kappa shape index (κ2) is 6.13. The van der Waals surface area contributed by atoms with E-state index in [0.717, 1.165) is 0 Å². The van der Waals surface area contributed by atoms with Gasteiger partial charge in [-0.05, 0) is 6.92 Å². The van der Waals surface area contributed by atoms with Gasteiger partial charge in [0.2, 0.25) is 0 Å². The van der Waals surface area contributed by atoms with Crippen LogP contribution in [-0.4, -0.2) is 34.1 Å². The summed E-state index contributed by atoms with van der Waals surface area (Å²) in [5.74, 6) is -0.451. The highest BCUT2D eigenvalue weighted by atomic mass is 16.3. The molecule has 3 nitrogen and oxygen atoms in total. The number of rotatable bonds is 5. The van der Waals surface area contributed by atoms with Crippen LogP contribution in [0.5, 0.6) is 0 Å². The van der Waals surface area contributed by atoms with Crippen molar-refractivity contribution in [3.8, 4) is 0 Å². The Balaban J connectivity index is 4.15. The van der Waals surface area contributed by atoms with E-state index in [1.54, 1.807) is 26.0 Å². The summed E-state index contributed by atoms with van der Waals surface area (Å²) in [5, 5.41) is 27.9. The second-order valence-corrected chi connectivity index (χ2v) is 3.53. The van der Waals surface area contributed by atoms with Gasteiger partial charge in [0.05, 0.1) is 12.2 Å². The van der Waals surface area contributed by atoms with Gasteiger partial charge in [-0.1, -0.05) is 26.0 Å². The van der Waals surface area contributed by atoms with E-state index in [2.05, 4.69) is 0 Å². The molecule has 0 aliphatic rings. The molecule has 0 saturated heterocycles. The zero-order chi connectivity index (χ0) is 10.4. The van der Waals surface area contributed by atoms with Crippen LogP contribution in [0.1, 0.15) is 20.8 Å². The van der Waals surface area contributed by atoms with Crippen LogP contribution in [0.4, 0.5) is 0 Å². The predicted octanol–water partition coefficient (Wildman–Crippen LogP) is 0.549. The summed E-state index contributed by atoms with van der Waals surface area (Å²) in [6.45, 7) is 5.27. The number of aliphatic hydroxyl groups is 3. The zero-order valence-corrected chi connectivity index (χ0v) is 8.51. The van der Waals surface area contributed by atoms with E-state index >= 15 is 0 Å². The third kappa shape index (κ3) is 3.89. The van der Waals surface area contributed by atoms with Gasteiger partial charge in [-0.3, -0.25) is 0 Å². The molecule has 13 heavy (non-hydrogen) atoms. The van der Waals surface area contributed by atoms with Crippen LogP contribution in [0.2, 0.25) is 0 Å². The Bertz CT molecular complexity index is 156. The lowest BCUT2D eigenvalue weighted by molar-refractivity contribution is -0.00417. The zero-order valence-electron chi connectivity index (χ0n) is 8.51. The summed E-state index contributed by atoms with van der Waals surface area (Å²) < 4.78 is 0. The number of aliphatic hydroxyl groups excluding tert-OH is 3. The molecule has 3 heteroatoms. The van der Waals surface area contributed by atoms with Crippen LogP contribution in [0, 0.1) is 11.8 Å². The molecule has 78 valence electrons. The van der Waals surface area contributed by atoms with Crippen LogP contribution < -0.4 is 0 Å². The molecule has 0 rings (SSSR count). The molecule has 0 amide bonds. The standard InChI is InChI=1S/C10H20O3/c1-4-5-9(12)8(3)10(13)7(2)6-11/h4-5,7-13H,6H2,1-3H3/b5-4+/t7?,8?,9-,10?/m1/s1. The Kier molecular flexibility index (Phi) is 5.95. The molecule has 0 aromatic heterocycles. The fourth-order valence-electron chi connectivity index (χ4n) is 1.20. The molecule has 0 fully saturated rings. The third-order valence-electron chi connectivity index (χ3n) is 2.34. The Labute approximate surface area is 79.7 Å². The number of hydrogen-bond donors (Lipinski definition) is 3. The first-order valence-corrected chi connectivity index (χ1v) is 4.64. The van der Waals surface area contributed by atoms with E-state index < -0.39 is 12.2 Å². The minimum absolute atomic E-state index is 0.0614. The molecule has 0 radical (unpaired) electrons. The van der Waals surface area contributed by atoms with Crippen LogP contribution >= 0.6 is 0 Å². The highest BCUT2D eigenvalue weighted by Gasteiger charge is 2.24. The average Bonchev–Trinajstić information content (AvgIpc) is 2.14. The molecule has 0 spiro atoms. The maximum atomic E-state index is 9.63.